The van der Waals surface area contributed by atoms with E-state index in [-0.39, 0.29) is 17.9 Å². The molecule has 186 valence electrons. The monoisotopic (exact) mass is 477 g/mol. The molecule has 0 bridgehead atoms. The summed E-state index contributed by atoms with van der Waals surface area (Å²) in [6.45, 7) is 11.4. The Hall–Kier alpha value is -3.26. The molecule has 0 saturated heterocycles. The van der Waals surface area contributed by atoms with Gasteiger partial charge in [-0.3, -0.25) is 19.4 Å². The highest BCUT2D eigenvalue weighted by Gasteiger charge is 2.29. The number of carboxylic acids is 1. The summed E-state index contributed by atoms with van der Waals surface area (Å²) in [6.07, 6.45) is 7.08. The van der Waals surface area contributed by atoms with Crippen LogP contribution in [0.3, 0.4) is 0 Å². The van der Waals surface area contributed by atoms with E-state index in [0.29, 0.717) is 12.8 Å². The van der Waals surface area contributed by atoms with Gasteiger partial charge in [-0.15, -0.1) is 5.10 Å². The van der Waals surface area contributed by atoms with Crippen LogP contribution < -0.4 is 4.74 Å². The van der Waals surface area contributed by atoms with Crippen LogP contribution in [0.25, 0.3) is 0 Å². The zero-order valence-electron chi connectivity index (χ0n) is 21.1. The topological polar surface area (TPSA) is 93.4 Å². The number of hydrogen-bond acceptors (Lipinski definition) is 6. The van der Waals surface area contributed by atoms with Crippen LogP contribution in [0.15, 0.2) is 42.9 Å². The van der Waals surface area contributed by atoms with Crippen LogP contribution in [0.2, 0.25) is 0 Å². The van der Waals surface area contributed by atoms with E-state index in [4.69, 9.17) is 4.74 Å². The predicted molar refractivity (Wildman–Crippen MR) is 133 cm³/mol. The number of nitrogens with zero attached hydrogens (tertiary/aromatic N) is 5. The highest BCUT2D eigenvalue weighted by Crippen LogP contribution is 2.31. The molecular formula is C27H35N5O3. The molecule has 35 heavy (non-hydrogen) atoms. The van der Waals surface area contributed by atoms with Crippen molar-refractivity contribution >= 4 is 5.97 Å². The summed E-state index contributed by atoms with van der Waals surface area (Å²) in [6, 6.07) is 8.31. The number of aryl methyl sites for hydroxylation is 3. The van der Waals surface area contributed by atoms with E-state index in [1.807, 2.05) is 25.4 Å². The van der Waals surface area contributed by atoms with Gasteiger partial charge in [-0.2, -0.15) is 0 Å². The van der Waals surface area contributed by atoms with E-state index in [9.17, 15) is 9.90 Å². The molecule has 0 radical (unpaired) electrons. The molecular weight excluding hydrogens is 442 g/mol. The molecule has 0 spiro atoms. The van der Waals surface area contributed by atoms with Crippen molar-refractivity contribution in [2.24, 2.45) is 0 Å². The molecule has 1 aromatic carbocycles. The minimum atomic E-state index is -0.787. The smallest absolute Gasteiger partial charge is 0.303 e. The molecule has 1 N–H and O–H groups in total. The molecule has 3 aromatic rings. The molecule has 0 amide bonds. The van der Waals surface area contributed by atoms with Gasteiger partial charge in [-0.05, 0) is 69.2 Å². The Morgan fingerprint density at radius 2 is 2.11 bits per heavy atom. The molecule has 0 aliphatic carbocycles. The van der Waals surface area contributed by atoms with Crippen molar-refractivity contribution < 1.29 is 14.6 Å². The fourth-order valence-corrected chi connectivity index (χ4v) is 4.79. The molecule has 1 aliphatic rings. The molecule has 0 saturated carbocycles. The molecule has 1 unspecified atom stereocenters. The first-order valence-electron chi connectivity index (χ1n) is 12.3. The summed E-state index contributed by atoms with van der Waals surface area (Å²) < 4.78 is 8.07. The summed E-state index contributed by atoms with van der Waals surface area (Å²) in [5, 5.41) is 17.9. The second-order valence-corrected chi connectivity index (χ2v) is 10.1. The van der Waals surface area contributed by atoms with Gasteiger partial charge in [0.2, 0.25) is 0 Å². The lowest BCUT2D eigenvalue weighted by Crippen LogP contribution is -2.40. The average Bonchev–Trinajstić information content (AvgIpc) is 3.21. The third-order valence-corrected chi connectivity index (χ3v) is 6.56. The van der Waals surface area contributed by atoms with Gasteiger partial charge >= 0.3 is 5.97 Å². The van der Waals surface area contributed by atoms with Crippen LogP contribution in [-0.4, -0.2) is 48.1 Å². The maximum Gasteiger partial charge on any atom is 0.303 e. The Morgan fingerprint density at radius 3 is 2.86 bits per heavy atom. The molecule has 1 aliphatic heterocycles. The van der Waals surface area contributed by atoms with E-state index in [1.165, 1.54) is 11.1 Å². The lowest BCUT2D eigenvalue weighted by Gasteiger charge is -2.30. The highest BCUT2D eigenvalue weighted by molar-refractivity contribution is 5.68. The van der Waals surface area contributed by atoms with Crippen LogP contribution in [0.1, 0.15) is 67.5 Å². The zero-order chi connectivity index (χ0) is 25.0. The summed E-state index contributed by atoms with van der Waals surface area (Å²) in [7, 11) is 0. The first-order chi connectivity index (χ1) is 16.7. The van der Waals surface area contributed by atoms with Gasteiger partial charge in [-0.1, -0.05) is 23.4 Å². The Labute approximate surface area is 206 Å². The number of aliphatic carboxylic acids is 1. The van der Waals surface area contributed by atoms with Gasteiger partial charge in [0, 0.05) is 50.3 Å². The molecule has 1 atom stereocenters. The van der Waals surface area contributed by atoms with Gasteiger partial charge in [0.15, 0.2) is 0 Å². The number of hydrogen-bond donors (Lipinski definition) is 1. The summed E-state index contributed by atoms with van der Waals surface area (Å²) in [5.74, 6) is 0.0109. The van der Waals surface area contributed by atoms with E-state index < -0.39 is 5.97 Å². The van der Waals surface area contributed by atoms with Crippen LogP contribution in [-0.2, 0) is 30.8 Å². The number of benzene rings is 1. The molecule has 4 rings (SSSR count). The van der Waals surface area contributed by atoms with Crippen LogP contribution in [0, 0.1) is 6.92 Å². The summed E-state index contributed by atoms with van der Waals surface area (Å²) in [5.41, 5.74) is 5.11. The van der Waals surface area contributed by atoms with Crippen molar-refractivity contribution in [1.29, 1.82) is 0 Å². The lowest BCUT2D eigenvalue weighted by atomic mass is 9.88. The normalized spacial score (nSPS) is 16.2. The van der Waals surface area contributed by atoms with Gasteiger partial charge in [0.1, 0.15) is 11.4 Å². The van der Waals surface area contributed by atoms with Crippen molar-refractivity contribution in [3.63, 3.8) is 0 Å². The van der Waals surface area contributed by atoms with Crippen LogP contribution in [0.4, 0.5) is 0 Å². The fraction of sp³-hybridized carbons (Fsp3) is 0.481. The second-order valence-electron chi connectivity index (χ2n) is 10.1. The third kappa shape index (κ3) is 6.45. The first-order valence-corrected chi connectivity index (χ1v) is 12.3. The Kier molecular flexibility index (Phi) is 7.50. The summed E-state index contributed by atoms with van der Waals surface area (Å²) >= 11 is 0. The van der Waals surface area contributed by atoms with Gasteiger partial charge < -0.3 is 9.84 Å². The average molecular weight is 478 g/mol. The Bertz CT molecular complexity index is 1170. The first kappa shape index (κ1) is 24.9. The van der Waals surface area contributed by atoms with Gasteiger partial charge in [0.05, 0.1) is 12.1 Å². The van der Waals surface area contributed by atoms with E-state index in [2.05, 4.69) is 59.2 Å². The number of pyridine rings is 1. The SMILES string of the molecule is CCn1cc(CCC(CC(=O)O)c2ccc(C)c(CN3Cc4cnccc4OC(C)(C)C3)c2)nn1. The van der Waals surface area contributed by atoms with Crippen molar-refractivity contribution in [2.75, 3.05) is 6.54 Å². The van der Waals surface area contributed by atoms with Crippen molar-refractivity contribution in [1.82, 2.24) is 24.9 Å². The molecule has 8 nitrogen and oxygen atoms in total. The number of rotatable bonds is 9. The van der Waals surface area contributed by atoms with Gasteiger partial charge in [0.25, 0.3) is 0 Å². The molecule has 8 heteroatoms. The lowest BCUT2D eigenvalue weighted by molar-refractivity contribution is -0.137. The van der Waals surface area contributed by atoms with E-state index in [1.54, 1.807) is 10.9 Å². The molecule has 3 heterocycles. The number of carboxylic acid groups (broad SMARTS) is 1. The predicted octanol–water partition coefficient (Wildman–Crippen LogP) is 4.37. The Balaban J connectivity index is 1.54. The summed E-state index contributed by atoms with van der Waals surface area (Å²) in [4.78, 5) is 18.4. The third-order valence-electron chi connectivity index (χ3n) is 6.56. The zero-order valence-corrected chi connectivity index (χ0v) is 21.1. The van der Waals surface area contributed by atoms with Crippen molar-refractivity contribution in [3.05, 3.63) is 70.8 Å². The van der Waals surface area contributed by atoms with E-state index >= 15 is 0 Å². The highest BCUT2D eigenvalue weighted by atomic mass is 16.5. The maximum atomic E-state index is 11.7. The van der Waals surface area contributed by atoms with Crippen molar-refractivity contribution in [2.45, 2.75) is 78.1 Å². The van der Waals surface area contributed by atoms with E-state index in [0.717, 1.165) is 48.7 Å². The number of aromatic nitrogens is 4. The fourth-order valence-electron chi connectivity index (χ4n) is 4.79. The number of ether oxygens (including phenoxy) is 1. The Morgan fingerprint density at radius 1 is 1.29 bits per heavy atom. The largest absolute Gasteiger partial charge is 0.486 e. The molecule has 0 fully saturated rings. The molecule has 2 aromatic heterocycles. The number of carbonyl (C=O) groups is 1. The standard InChI is InChI=1S/C27H35N5O3/c1-5-32-17-24(29-30-32)9-8-21(13-26(33)34)20-7-6-19(2)22(12-20)15-31-16-23-14-28-11-10-25(23)35-27(3,4)18-31/h6-7,10-12,14,17,21H,5,8-9,13,15-16,18H2,1-4H3,(H,33,34). The van der Waals surface area contributed by atoms with Crippen molar-refractivity contribution in [3.8, 4) is 5.75 Å². The number of fused-ring (bicyclic) bond motifs is 1. The van der Waals surface area contributed by atoms with Gasteiger partial charge in [-0.25, -0.2) is 0 Å². The quantitative estimate of drug-likeness (QED) is 0.489. The minimum absolute atomic E-state index is 0.0903. The maximum absolute atomic E-state index is 11.7. The minimum Gasteiger partial charge on any atom is -0.486 e. The second kappa shape index (κ2) is 10.6. The van der Waals surface area contributed by atoms with Crippen LogP contribution >= 0.6 is 0 Å². The van der Waals surface area contributed by atoms with Crippen LogP contribution in [0.5, 0.6) is 5.75 Å².